The van der Waals surface area contributed by atoms with Crippen LogP contribution in [0.15, 0.2) is 30.3 Å². The van der Waals surface area contributed by atoms with Crippen LogP contribution in [0.4, 0.5) is 0 Å². The van der Waals surface area contributed by atoms with Gasteiger partial charge in [-0.15, -0.1) is 22.9 Å². The number of alkyl halides is 1. The minimum atomic E-state index is -0.231. The van der Waals surface area contributed by atoms with Gasteiger partial charge in [-0.1, -0.05) is 50.0 Å². The molecule has 4 heteroatoms. The molecule has 0 fully saturated rings. The van der Waals surface area contributed by atoms with Gasteiger partial charge in [-0.05, 0) is 35.2 Å². The monoisotopic (exact) mass is 332 g/mol. The molecular formula is C15H15Cl3S. The molecule has 1 unspecified atom stereocenters. The van der Waals surface area contributed by atoms with E-state index >= 15 is 0 Å². The zero-order valence-corrected chi connectivity index (χ0v) is 14.1. The molecule has 0 aliphatic rings. The Balaban J connectivity index is 2.34. The number of benzene rings is 1. The highest BCUT2D eigenvalue weighted by molar-refractivity contribution is 7.12. The lowest BCUT2D eigenvalue weighted by molar-refractivity contribution is 0.604. The topological polar surface area (TPSA) is 0 Å². The SMILES string of the molecule is CC(C)(C)c1ccc(C(Cl)c2ccc(Cl)cc2Cl)s1. The predicted molar refractivity (Wildman–Crippen MR) is 87.2 cm³/mol. The van der Waals surface area contributed by atoms with Crippen LogP contribution >= 0.6 is 46.1 Å². The second-order valence-electron chi connectivity index (χ2n) is 5.48. The van der Waals surface area contributed by atoms with Crippen molar-refractivity contribution >= 4 is 46.1 Å². The zero-order chi connectivity index (χ0) is 14.2. The standard InChI is InChI=1S/C15H15Cl3S/c1-15(2,3)13-7-6-12(19-13)14(18)10-5-4-9(16)8-11(10)17/h4-8,14H,1-3H3. The molecule has 0 amide bonds. The number of hydrogen-bond donors (Lipinski definition) is 0. The van der Waals surface area contributed by atoms with Crippen LogP contribution in [0.1, 0.15) is 41.5 Å². The molecule has 0 nitrogen and oxygen atoms in total. The van der Waals surface area contributed by atoms with Crippen molar-refractivity contribution in [3.63, 3.8) is 0 Å². The molecule has 0 bridgehead atoms. The molecule has 0 N–H and O–H groups in total. The van der Waals surface area contributed by atoms with Gasteiger partial charge in [0.05, 0.1) is 5.38 Å². The van der Waals surface area contributed by atoms with Crippen LogP contribution in [0.25, 0.3) is 0 Å². The first-order valence-corrected chi connectivity index (χ1v) is 7.99. The lowest BCUT2D eigenvalue weighted by atomic mass is 9.95. The van der Waals surface area contributed by atoms with Crippen LogP contribution in [0.5, 0.6) is 0 Å². The van der Waals surface area contributed by atoms with E-state index < -0.39 is 0 Å². The molecule has 0 saturated heterocycles. The molecule has 2 aromatic rings. The number of thiophene rings is 1. The van der Waals surface area contributed by atoms with Crippen LogP contribution in [-0.2, 0) is 5.41 Å². The third-order valence-electron chi connectivity index (χ3n) is 2.85. The van der Waals surface area contributed by atoms with Gasteiger partial charge in [-0.2, -0.15) is 0 Å². The summed E-state index contributed by atoms with van der Waals surface area (Å²) >= 11 is 20.4. The Morgan fingerprint density at radius 1 is 1.05 bits per heavy atom. The quantitative estimate of drug-likeness (QED) is 0.538. The van der Waals surface area contributed by atoms with E-state index in [2.05, 4.69) is 32.9 Å². The van der Waals surface area contributed by atoms with E-state index in [-0.39, 0.29) is 10.8 Å². The van der Waals surface area contributed by atoms with Crippen LogP contribution in [0.2, 0.25) is 10.0 Å². The first-order chi connectivity index (χ1) is 8.79. The fraction of sp³-hybridized carbons (Fsp3) is 0.333. The summed E-state index contributed by atoms with van der Waals surface area (Å²) in [5.41, 5.74) is 1.04. The molecule has 2 rings (SSSR count). The Hall–Kier alpha value is -0.210. The third-order valence-corrected chi connectivity index (χ3v) is 5.59. The van der Waals surface area contributed by atoms with Crippen molar-refractivity contribution in [1.82, 2.24) is 0 Å². The van der Waals surface area contributed by atoms with Gasteiger partial charge >= 0.3 is 0 Å². The lowest BCUT2D eigenvalue weighted by Gasteiger charge is -2.16. The fourth-order valence-electron chi connectivity index (χ4n) is 1.75. The minimum Gasteiger partial charge on any atom is -0.143 e. The molecule has 0 spiro atoms. The number of halogens is 3. The molecule has 0 aliphatic heterocycles. The van der Waals surface area contributed by atoms with Crippen LogP contribution in [-0.4, -0.2) is 0 Å². The predicted octanol–water partition coefficient (Wildman–Crippen LogP) is 6.68. The maximum atomic E-state index is 6.54. The minimum absolute atomic E-state index is 0.142. The van der Waals surface area contributed by atoms with Crippen molar-refractivity contribution in [2.24, 2.45) is 0 Å². The van der Waals surface area contributed by atoms with Crippen molar-refractivity contribution in [3.8, 4) is 0 Å². The Labute approximate surface area is 133 Å². The third kappa shape index (κ3) is 3.46. The van der Waals surface area contributed by atoms with Crippen molar-refractivity contribution in [2.45, 2.75) is 31.6 Å². The largest absolute Gasteiger partial charge is 0.143 e. The Morgan fingerprint density at radius 3 is 2.26 bits per heavy atom. The molecule has 102 valence electrons. The first kappa shape index (κ1) is 15.2. The van der Waals surface area contributed by atoms with Crippen molar-refractivity contribution < 1.29 is 0 Å². The van der Waals surface area contributed by atoms with Gasteiger partial charge in [-0.25, -0.2) is 0 Å². The second kappa shape index (κ2) is 5.65. The van der Waals surface area contributed by atoms with Gasteiger partial charge in [-0.3, -0.25) is 0 Å². The van der Waals surface area contributed by atoms with Crippen molar-refractivity contribution in [3.05, 3.63) is 55.7 Å². The average molecular weight is 334 g/mol. The molecule has 1 aromatic heterocycles. The van der Waals surface area contributed by atoms with Crippen molar-refractivity contribution in [2.75, 3.05) is 0 Å². The zero-order valence-electron chi connectivity index (χ0n) is 11.0. The highest BCUT2D eigenvalue weighted by atomic mass is 35.5. The summed E-state index contributed by atoms with van der Waals surface area (Å²) in [7, 11) is 0. The average Bonchev–Trinajstić information content (AvgIpc) is 2.76. The Kier molecular flexibility index (Phi) is 4.52. The molecular weight excluding hydrogens is 319 g/mol. The molecule has 1 aromatic carbocycles. The molecule has 0 radical (unpaired) electrons. The van der Waals surface area contributed by atoms with Gasteiger partial charge in [0, 0.05) is 19.8 Å². The molecule has 19 heavy (non-hydrogen) atoms. The van der Waals surface area contributed by atoms with E-state index in [1.807, 2.05) is 12.1 Å². The second-order valence-corrected chi connectivity index (χ2v) is 7.88. The summed E-state index contributed by atoms with van der Waals surface area (Å²) in [5.74, 6) is 0. The van der Waals surface area contributed by atoms with Crippen LogP contribution in [0, 0.1) is 0 Å². The van der Waals surface area contributed by atoms with Gasteiger partial charge in [0.1, 0.15) is 0 Å². The van der Waals surface area contributed by atoms with Gasteiger partial charge in [0.15, 0.2) is 0 Å². The number of rotatable bonds is 2. The lowest BCUT2D eigenvalue weighted by Crippen LogP contribution is -2.07. The van der Waals surface area contributed by atoms with Gasteiger partial charge in [0.2, 0.25) is 0 Å². The Bertz CT molecular complexity index is 581. The van der Waals surface area contributed by atoms with E-state index in [9.17, 15) is 0 Å². The van der Waals surface area contributed by atoms with Gasteiger partial charge in [0.25, 0.3) is 0 Å². The smallest absolute Gasteiger partial charge is 0.0942 e. The summed E-state index contributed by atoms with van der Waals surface area (Å²) in [6.45, 7) is 6.59. The van der Waals surface area contributed by atoms with E-state index in [4.69, 9.17) is 34.8 Å². The van der Waals surface area contributed by atoms with E-state index in [0.29, 0.717) is 10.0 Å². The normalized spacial score (nSPS) is 13.6. The molecule has 1 heterocycles. The first-order valence-electron chi connectivity index (χ1n) is 5.98. The maximum absolute atomic E-state index is 6.54. The van der Waals surface area contributed by atoms with Crippen molar-refractivity contribution in [1.29, 1.82) is 0 Å². The summed E-state index contributed by atoms with van der Waals surface area (Å²) in [5, 5.41) is 1.00. The fourth-order valence-corrected chi connectivity index (χ4v) is 3.79. The Morgan fingerprint density at radius 2 is 1.74 bits per heavy atom. The highest BCUT2D eigenvalue weighted by Crippen LogP contribution is 2.40. The van der Waals surface area contributed by atoms with Gasteiger partial charge < -0.3 is 0 Å². The summed E-state index contributed by atoms with van der Waals surface area (Å²) < 4.78 is 0. The molecule has 0 aliphatic carbocycles. The highest BCUT2D eigenvalue weighted by Gasteiger charge is 2.21. The van der Waals surface area contributed by atoms with E-state index in [1.165, 1.54) is 4.88 Å². The van der Waals surface area contributed by atoms with Crippen LogP contribution in [0.3, 0.4) is 0 Å². The number of hydrogen-bond acceptors (Lipinski definition) is 1. The molecule has 0 saturated carbocycles. The summed E-state index contributed by atoms with van der Waals surface area (Å²) in [6.07, 6.45) is 0. The summed E-state index contributed by atoms with van der Waals surface area (Å²) in [6, 6.07) is 9.65. The van der Waals surface area contributed by atoms with Crippen LogP contribution < -0.4 is 0 Å². The molecule has 1 atom stereocenters. The van der Waals surface area contributed by atoms with E-state index in [0.717, 1.165) is 10.4 Å². The maximum Gasteiger partial charge on any atom is 0.0942 e. The summed E-state index contributed by atoms with van der Waals surface area (Å²) in [4.78, 5) is 2.43. The van der Waals surface area contributed by atoms with E-state index in [1.54, 1.807) is 17.4 Å².